The van der Waals surface area contributed by atoms with Crippen LogP contribution in [0.2, 0.25) is 0 Å². The van der Waals surface area contributed by atoms with E-state index >= 15 is 0 Å². The van der Waals surface area contributed by atoms with Gasteiger partial charge in [-0.3, -0.25) is 4.90 Å². The molecule has 1 rings (SSSR count). The second kappa shape index (κ2) is 7.27. The molecule has 0 heterocycles. The molecule has 102 valence electrons. The SMILES string of the molecule is CCC(CC)N(C)C(c1cccc(Br)c1)C(C)N. The molecular formula is C15H25BrN2. The maximum atomic E-state index is 6.21. The van der Waals surface area contributed by atoms with Gasteiger partial charge in [0.25, 0.3) is 0 Å². The number of nitrogens with two attached hydrogens (primary N) is 1. The van der Waals surface area contributed by atoms with E-state index in [1.54, 1.807) is 0 Å². The number of nitrogens with zero attached hydrogens (tertiary/aromatic N) is 1. The van der Waals surface area contributed by atoms with Gasteiger partial charge in [0.05, 0.1) is 0 Å². The molecule has 0 fully saturated rings. The largest absolute Gasteiger partial charge is 0.326 e. The summed E-state index contributed by atoms with van der Waals surface area (Å²) in [5, 5.41) is 0. The van der Waals surface area contributed by atoms with Gasteiger partial charge in [-0.25, -0.2) is 0 Å². The highest BCUT2D eigenvalue weighted by atomic mass is 79.9. The maximum absolute atomic E-state index is 6.21. The van der Waals surface area contributed by atoms with E-state index in [0.29, 0.717) is 6.04 Å². The zero-order valence-electron chi connectivity index (χ0n) is 11.9. The van der Waals surface area contributed by atoms with Crippen LogP contribution in [-0.4, -0.2) is 24.0 Å². The normalized spacial score (nSPS) is 15.1. The quantitative estimate of drug-likeness (QED) is 0.861. The second-order valence-corrected chi connectivity index (χ2v) is 5.91. The molecule has 0 aliphatic carbocycles. The summed E-state index contributed by atoms with van der Waals surface area (Å²) in [6.07, 6.45) is 2.31. The van der Waals surface area contributed by atoms with Crippen LogP contribution in [-0.2, 0) is 0 Å². The molecular weight excluding hydrogens is 288 g/mol. The minimum atomic E-state index is 0.116. The van der Waals surface area contributed by atoms with Crippen LogP contribution in [0, 0.1) is 0 Å². The van der Waals surface area contributed by atoms with Gasteiger partial charge in [-0.05, 0) is 44.5 Å². The topological polar surface area (TPSA) is 29.3 Å². The smallest absolute Gasteiger partial charge is 0.0496 e. The van der Waals surface area contributed by atoms with Crippen LogP contribution >= 0.6 is 15.9 Å². The molecule has 0 radical (unpaired) electrons. The van der Waals surface area contributed by atoms with Gasteiger partial charge in [0.1, 0.15) is 0 Å². The van der Waals surface area contributed by atoms with Gasteiger partial charge in [-0.2, -0.15) is 0 Å². The van der Waals surface area contributed by atoms with Crippen LogP contribution in [0.4, 0.5) is 0 Å². The maximum Gasteiger partial charge on any atom is 0.0496 e. The third-order valence-corrected chi connectivity index (χ3v) is 4.14. The third-order valence-electron chi connectivity index (χ3n) is 3.65. The number of halogens is 1. The van der Waals surface area contributed by atoms with Crippen molar-refractivity contribution in [2.24, 2.45) is 5.73 Å². The lowest BCUT2D eigenvalue weighted by Gasteiger charge is -2.37. The Morgan fingerprint density at radius 1 is 1.28 bits per heavy atom. The summed E-state index contributed by atoms with van der Waals surface area (Å²) in [6.45, 7) is 6.57. The third kappa shape index (κ3) is 3.81. The first kappa shape index (κ1) is 15.7. The van der Waals surface area contributed by atoms with Crippen LogP contribution in [0.3, 0.4) is 0 Å². The Kier molecular flexibility index (Phi) is 6.33. The van der Waals surface area contributed by atoms with Crippen molar-refractivity contribution in [3.8, 4) is 0 Å². The van der Waals surface area contributed by atoms with Gasteiger partial charge in [0.2, 0.25) is 0 Å². The molecule has 0 aromatic heterocycles. The van der Waals surface area contributed by atoms with Gasteiger partial charge in [0.15, 0.2) is 0 Å². The molecule has 0 aliphatic heterocycles. The molecule has 2 unspecified atom stereocenters. The Bertz CT molecular complexity index is 361. The predicted octanol–water partition coefficient (Wildman–Crippen LogP) is 3.96. The Morgan fingerprint density at radius 2 is 1.89 bits per heavy atom. The number of benzene rings is 1. The molecule has 0 saturated heterocycles. The van der Waals surface area contributed by atoms with E-state index in [-0.39, 0.29) is 12.1 Å². The Hall–Kier alpha value is -0.380. The lowest BCUT2D eigenvalue weighted by Crippen LogP contribution is -2.42. The van der Waals surface area contributed by atoms with Crippen molar-refractivity contribution in [3.05, 3.63) is 34.3 Å². The Labute approximate surface area is 120 Å². The monoisotopic (exact) mass is 312 g/mol. The molecule has 0 spiro atoms. The van der Waals surface area contributed by atoms with Crippen LogP contribution in [0.1, 0.15) is 45.2 Å². The number of hydrogen-bond donors (Lipinski definition) is 1. The highest BCUT2D eigenvalue weighted by Gasteiger charge is 2.25. The van der Waals surface area contributed by atoms with Gasteiger partial charge in [0, 0.05) is 22.6 Å². The van der Waals surface area contributed by atoms with E-state index in [4.69, 9.17) is 5.73 Å². The first-order chi connectivity index (χ1) is 8.51. The highest BCUT2D eigenvalue weighted by Crippen LogP contribution is 2.28. The summed E-state index contributed by atoms with van der Waals surface area (Å²) in [6, 6.07) is 9.44. The average Bonchev–Trinajstić information content (AvgIpc) is 2.30. The summed E-state index contributed by atoms with van der Waals surface area (Å²) in [7, 11) is 2.19. The molecule has 18 heavy (non-hydrogen) atoms. The van der Waals surface area contributed by atoms with Crippen LogP contribution < -0.4 is 5.73 Å². The lowest BCUT2D eigenvalue weighted by atomic mass is 9.97. The molecule has 0 saturated carbocycles. The van der Waals surface area contributed by atoms with E-state index in [9.17, 15) is 0 Å². The second-order valence-electron chi connectivity index (χ2n) is 4.99. The van der Waals surface area contributed by atoms with E-state index in [0.717, 1.165) is 17.3 Å². The average molecular weight is 313 g/mol. The first-order valence-electron chi connectivity index (χ1n) is 6.74. The van der Waals surface area contributed by atoms with Gasteiger partial charge >= 0.3 is 0 Å². The molecule has 2 atom stereocenters. The van der Waals surface area contributed by atoms with E-state index in [2.05, 4.69) is 72.9 Å². The summed E-state index contributed by atoms with van der Waals surface area (Å²) in [5.41, 5.74) is 7.50. The molecule has 0 bridgehead atoms. The molecule has 0 amide bonds. The molecule has 1 aromatic rings. The molecule has 3 heteroatoms. The number of rotatable bonds is 6. The van der Waals surface area contributed by atoms with Crippen molar-refractivity contribution in [3.63, 3.8) is 0 Å². The molecule has 2 nitrogen and oxygen atoms in total. The van der Waals surface area contributed by atoms with Crippen molar-refractivity contribution in [1.82, 2.24) is 4.90 Å². The standard InChI is InChI=1S/C15H25BrN2/c1-5-14(6-2)18(4)15(11(3)17)12-8-7-9-13(16)10-12/h7-11,14-15H,5-6,17H2,1-4H3. The molecule has 1 aromatic carbocycles. The summed E-state index contributed by atoms with van der Waals surface area (Å²) in [5.74, 6) is 0. The van der Waals surface area contributed by atoms with E-state index < -0.39 is 0 Å². The minimum absolute atomic E-state index is 0.116. The fourth-order valence-corrected chi connectivity index (χ4v) is 3.11. The van der Waals surface area contributed by atoms with Crippen molar-refractivity contribution >= 4 is 15.9 Å². The molecule has 0 aliphatic rings. The van der Waals surface area contributed by atoms with Gasteiger partial charge in [-0.15, -0.1) is 0 Å². The van der Waals surface area contributed by atoms with Crippen molar-refractivity contribution < 1.29 is 0 Å². The van der Waals surface area contributed by atoms with Crippen LogP contribution in [0.5, 0.6) is 0 Å². The highest BCUT2D eigenvalue weighted by molar-refractivity contribution is 9.10. The predicted molar refractivity (Wildman–Crippen MR) is 82.7 cm³/mol. The van der Waals surface area contributed by atoms with Gasteiger partial charge in [-0.1, -0.05) is 41.9 Å². The van der Waals surface area contributed by atoms with Gasteiger partial charge < -0.3 is 5.73 Å². The lowest BCUT2D eigenvalue weighted by molar-refractivity contribution is 0.146. The number of hydrogen-bond acceptors (Lipinski definition) is 2. The van der Waals surface area contributed by atoms with Crippen molar-refractivity contribution in [1.29, 1.82) is 0 Å². The first-order valence-corrected chi connectivity index (χ1v) is 7.53. The van der Waals surface area contributed by atoms with Crippen LogP contribution in [0.15, 0.2) is 28.7 Å². The fourth-order valence-electron chi connectivity index (χ4n) is 2.69. The van der Waals surface area contributed by atoms with Crippen LogP contribution in [0.25, 0.3) is 0 Å². The minimum Gasteiger partial charge on any atom is -0.326 e. The van der Waals surface area contributed by atoms with Crippen molar-refractivity contribution in [2.75, 3.05) is 7.05 Å². The zero-order chi connectivity index (χ0) is 13.7. The zero-order valence-corrected chi connectivity index (χ0v) is 13.4. The Balaban J connectivity index is 3.02. The van der Waals surface area contributed by atoms with Crippen molar-refractivity contribution in [2.45, 2.75) is 51.7 Å². The summed E-state index contributed by atoms with van der Waals surface area (Å²) in [4.78, 5) is 2.42. The molecule has 2 N–H and O–H groups in total. The summed E-state index contributed by atoms with van der Waals surface area (Å²) >= 11 is 3.54. The summed E-state index contributed by atoms with van der Waals surface area (Å²) < 4.78 is 1.11. The Morgan fingerprint density at radius 3 is 2.33 bits per heavy atom. The number of likely N-dealkylation sites (N-methyl/N-ethyl adjacent to an activating group) is 1. The van der Waals surface area contributed by atoms with E-state index in [1.165, 1.54) is 5.56 Å². The van der Waals surface area contributed by atoms with E-state index in [1.807, 2.05) is 0 Å². The fraction of sp³-hybridized carbons (Fsp3) is 0.600.